The van der Waals surface area contributed by atoms with Crippen molar-refractivity contribution < 1.29 is 42.9 Å². The van der Waals surface area contributed by atoms with Crippen molar-refractivity contribution in [1.82, 2.24) is 0 Å². The van der Waals surface area contributed by atoms with E-state index in [1.807, 2.05) is 21.1 Å². The van der Waals surface area contributed by atoms with Crippen molar-refractivity contribution in [1.29, 1.82) is 0 Å². The predicted octanol–water partition coefficient (Wildman–Crippen LogP) is 15.5. The molecule has 2 atom stereocenters. The number of ether oxygens (including phenoxy) is 4. The summed E-state index contributed by atoms with van der Waals surface area (Å²) in [6.45, 7) is 4.59. The van der Waals surface area contributed by atoms with Crippen LogP contribution in [0.5, 0.6) is 0 Å². The van der Waals surface area contributed by atoms with Gasteiger partial charge in [-0.25, -0.2) is 0 Å². The summed E-state index contributed by atoms with van der Waals surface area (Å²) < 4.78 is 22.7. The predicted molar refractivity (Wildman–Crippen MR) is 297 cm³/mol. The number of nitrogens with zero attached hydrogens (tertiary/aromatic N) is 1. The molecule has 9 heteroatoms. The minimum absolute atomic E-state index is 0.143. The first-order chi connectivity index (χ1) is 34.6. The van der Waals surface area contributed by atoms with E-state index in [2.05, 4.69) is 98.9 Å². The Kier molecular flexibility index (Phi) is 50.2. The average Bonchev–Trinajstić information content (AvgIpc) is 3.34. The molecule has 71 heavy (non-hydrogen) atoms. The maximum absolute atomic E-state index is 12.9. The van der Waals surface area contributed by atoms with Crippen molar-refractivity contribution in [3.63, 3.8) is 0 Å². The zero-order valence-corrected chi connectivity index (χ0v) is 46.3. The molecule has 0 aliphatic carbocycles. The van der Waals surface area contributed by atoms with Gasteiger partial charge >= 0.3 is 11.9 Å². The molecule has 0 aromatic heterocycles. The van der Waals surface area contributed by atoms with Crippen LogP contribution in [-0.4, -0.2) is 82.3 Å². The number of hydrogen-bond donors (Lipinski definition) is 0. The third-order valence-corrected chi connectivity index (χ3v) is 12.1. The molecule has 0 saturated carbocycles. The number of allylic oxidation sites excluding steroid dienone is 14. The Bertz CT molecular complexity index is 1440. The number of esters is 2. The van der Waals surface area contributed by atoms with Crippen LogP contribution in [0.3, 0.4) is 0 Å². The molecule has 0 N–H and O–H groups in total. The second-order valence-electron chi connectivity index (χ2n) is 20.2. The van der Waals surface area contributed by atoms with Crippen LogP contribution in [0.1, 0.15) is 232 Å². The fraction of sp³-hybridized carbons (Fsp3) is 0.726. The van der Waals surface area contributed by atoms with Gasteiger partial charge in [-0.15, -0.1) is 0 Å². The maximum atomic E-state index is 12.9. The molecule has 0 aliphatic rings. The van der Waals surface area contributed by atoms with Crippen LogP contribution >= 0.6 is 0 Å². The van der Waals surface area contributed by atoms with E-state index in [0.29, 0.717) is 17.4 Å². The molecular weight excluding hydrogens is 887 g/mol. The molecule has 0 saturated heterocycles. The van der Waals surface area contributed by atoms with Gasteiger partial charge in [0, 0.05) is 12.8 Å². The number of rotatable bonds is 52. The highest BCUT2D eigenvalue weighted by Crippen LogP contribution is 2.16. The van der Waals surface area contributed by atoms with Crippen molar-refractivity contribution in [3.05, 3.63) is 85.1 Å². The molecule has 0 aliphatic heterocycles. The normalized spacial score (nSPS) is 13.4. The topological polar surface area (TPSA) is 111 Å². The SMILES string of the molecule is CC/C=C\C/C=C\C/C=C\C/C=C\C/C=C\CCCCCCCCCCCCCCCCCC(=O)OC(COC(=O)CCCCCCC/C=C\C/C=C\CCCCC)COC(OCC[N+](C)(C)C)C(=O)[O-]. The fourth-order valence-corrected chi connectivity index (χ4v) is 7.71. The van der Waals surface area contributed by atoms with Crippen molar-refractivity contribution in [2.45, 2.75) is 245 Å². The molecule has 0 spiro atoms. The standard InChI is InChI=1S/C62H107NO8/c1-6-8-10-12-14-16-18-20-22-23-24-25-26-27-28-29-30-31-32-33-34-35-36-37-39-41-43-45-47-49-51-53-60(65)71-58(57-70-62(61(66)67)68-55-54-63(3,4)5)56-69-59(64)52-50-48-46-44-42-40-38-21-19-17-15-13-11-9-7-2/h8,10,14-17,20-22,24-25,27-28,38,58,62H,6-7,9,11-13,18-19,23,26,29-37,39-57H2,1-5H3/b10-8-,16-14-,17-15-,22-20-,25-24-,28-27-,38-21-. The van der Waals surface area contributed by atoms with Crippen LogP contribution in [0, 0.1) is 0 Å². The summed E-state index contributed by atoms with van der Waals surface area (Å²) in [6, 6.07) is 0. The van der Waals surface area contributed by atoms with Gasteiger partial charge in [-0.05, 0) is 89.9 Å². The first-order valence-electron chi connectivity index (χ1n) is 28.7. The molecule has 0 aromatic carbocycles. The fourth-order valence-electron chi connectivity index (χ4n) is 7.71. The number of hydrogen-bond acceptors (Lipinski definition) is 8. The molecular formula is C62H107NO8. The summed E-state index contributed by atoms with van der Waals surface area (Å²) >= 11 is 0. The van der Waals surface area contributed by atoms with Crippen LogP contribution < -0.4 is 5.11 Å². The quantitative estimate of drug-likeness (QED) is 0.0195. The van der Waals surface area contributed by atoms with E-state index in [9.17, 15) is 19.5 Å². The van der Waals surface area contributed by atoms with Crippen molar-refractivity contribution in [3.8, 4) is 0 Å². The lowest BCUT2D eigenvalue weighted by Gasteiger charge is -2.26. The number of unbranched alkanes of at least 4 members (excludes halogenated alkanes) is 23. The minimum Gasteiger partial charge on any atom is -0.545 e. The van der Waals surface area contributed by atoms with Crippen LogP contribution in [0.2, 0.25) is 0 Å². The average molecular weight is 995 g/mol. The van der Waals surface area contributed by atoms with Gasteiger partial charge in [0.05, 0.1) is 40.3 Å². The number of likely N-dealkylation sites (N-methyl/N-ethyl adjacent to an activating group) is 1. The van der Waals surface area contributed by atoms with Crippen molar-refractivity contribution in [2.24, 2.45) is 0 Å². The highest BCUT2D eigenvalue weighted by molar-refractivity contribution is 5.70. The zero-order valence-electron chi connectivity index (χ0n) is 46.3. The Balaban J connectivity index is 4.18. The molecule has 0 fully saturated rings. The number of carbonyl (C=O) groups excluding carboxylic acids is 3. The molecule has 9 nitrogen and oxygen atoms in total. The highest BCUT2D eigenvalue weighted by Gasteiger charge is 2.22. The Hall–Kier alpha value is -3.53. The summed E-state index contributed by atoms with van der Waals surface area (Å²) in [5.74, 6) is -2.30. The van der Waals surface area contributed by atoms with E-state index in [1.54, 1.807) is 0 Å². The van der Waals surface area contributed by atoms with E-state index in [1.165, 1.54) is 103 Å². The minimum atomic E-state index is -1.63. The molecule has 0 aromatic rings. The van der Waals surface area contributed by atoms with Crippen LogP contribution in [0.4, 0.5) is 0 Å². The zero-order chi connectivity index (χ0) is 52.0. The summed E-state index contributed by atoms with van der Waals surface area (Å²) in [7, 11) is 5.91. The lowest BCUT2D eigenvalue weighted by atomic mass is 10.0. The third-order valence-electron chi connectivity index (χ3n) is 12.1. The molecule has 408 valence electrons. The van der Waals surface area contributed by atoms with Gasteiger partial charge < -0.3 is 33.3 Å². The summed E-state index contributed by atoms with van der Waals surface area (Å²) in [5.41, 5.74) is 0. The van der Waals surface area contributed by atoms with E-state index >= 15 is 0 Å². The summed E-state index contributed by atoms with van der Waals surface area (Å²) in [6.07, 6.45) is 66.3. The van der Waals surface area contributed by atoms with Gasteiger partial charge in [0.25, 0.3) is 0 Å². The largest absolute Gasteiger partial charge is 0.545 e. The molecule has 0 rings (SSSR count). The second kappa shape index (κ2) is 52.8. The molecule has 0 amide bonds. The summed E-state index contributed by atoms with van der Waals surface area (Å²) in [4.78, 5) is 37.2. The molecule has 0 heterocycles. The Labute approximate surface area is 436 Å². The Morgan fingerprint density at radius 3 is 1.20 bits per heavy atom. The van der Waals surface area contributed by atoms with Crippen molar-refractivity contribution in [2.75, 3.05) is 47.5 Å². The van der Waals surface area contributed by atoms with Gasteiger partial charge in [0.1, 0.15) is 13.2 Å². The molecule has 0 radical (unpaired) electrons. The lowest BCUT2D eigenvalue weighted by molar-refractivity contribution is -0.870. The van der Waals surface area contributed by atoms with Gasteiger partial charge in [-0.3, -0.25) is 9.59 Å². The van der Waals surface area contributed by atoms with Crippen LogP contribution in [0.15, 0.2) is 85.1 Å². The van der Waals surface area contributed by atoms with E-state index < -0.39 is 24.3 Å². The smallest absolute Gasteiger partial charge is 0.306 e. The van der Waals surface area contributed by atoms with Crippen LogP contribution in [0.25, 0.3) is 0 Å². The maximum Gasteiger partial charge on any atom is 0.306 e. The third kappa shape index (κ3) is 54.1. The number of quaternary nitrogens is 1. The van der Waals surface area contributed by atoms with E-state index in [4.69, 9.17) is 18.9 Å². The van der Waals surface area contributed by atoms with E-state index in [0.717, 1.165) is 96.3 Å². The lowest BCUT2D eigenvalue weighted by Crippen LogP contribution is -2.44. The summed E-state index contributed by atoms with van der Waals surface area (Å²) in [5, 5.41) is 11.8. The first kappa shape index (κ1) is 67.5. The second-order valence-corrected chi connectivity index (χ2v) is 20.2. The van der Waals surface area contributed by atoms with Gasteiger partial charge in [0.15, 0.2) is 12.4 Å². The molecule has 2 unspecified atom stereocenters. The first-order valence-corrected chi connectivity index (χ1v) is 28.7. The van der Waals surface area contributed by atoms with Crippen LogP contribution in [-0.2, 0) is 33.3 Å². The van der Waals surface area contributed by atoms with Gasteiger partial charge in [-0.2, -0.15) is 0 Å². The Morgan fingerprint density at radius 1 is 0.437 bits per heavy atom. The molecule has 0 bridgehead atoms. The monoisotopic (exact) mass is 994 g/mol. The number of carboxylic acid groups (broad SMARTS) is 1. The number of carboxylic acids is 1. The number of aliphatic carboxylic acids is 1. The van der Waals surface area contributed by atoms with Gasteiger partial charge in [-0.1, -0.05) is 214 Å². The Morgan fingerprint density at radius 2 is 0.803 bits per heavy atom. The van der Waals surface area contributed by atoms with Gasteiger partial charge in [0.2, 0.25) is 0 Å². The number of carbonyl (C=O) groups is 3. The van der Waals surface area contributed by atoms with E-state index in [-0.39, 0.29) is 38.6 Å². The van der Waals surface area contributed by atoms with Crippen molar-refractivity contribution >= 4 is 17.9 Å². The highest BCUT2D eigenvalue weighted by atomic mass is 16.7.